The van der Waals surface area contributed by atoms with Crippen molar-refractivity contribution in [3.8, 4) is 0 Å². The van der Waals surface area contributed by atoms with Gasteiger partial charge in [-0.25, -0.2) is 21.6 Å². The molecule has 0 radical (unpaired) electrons. The lowest BCUT2D eigenvalue weighted by atomic mass is 10.3. The number of para-hydroxylation sites is 1. The van der Waals surface area contributed by atoms with Crippen LogP contribution >= 0.6 is 0 Å². The van der Waals surface area contributed by atoms with Gasteiger partial charge < -0.3 is 9.73 Å². The van der Waals surface area contributed by atoms with Crippen LogP contribution in [0.5, 0.6) is 0 Å². The minimum absolute atomic E-state index is 0.0206. The van der Waals surface area contributed by atoms with E-state index >= 15 is 0 Å². The van der Waals surface area contributed by atoms with Gasteiger partial charge in [-0.15, -0.1) is 0 Å². The van der Waals surface area contributed by atoms with E-state index in [-0.39, 0.29) is 22.4 Å². The Kier molecular flexibility index (Phi) is 6.66. The van der Waals surface area contributed by atoms with Gasteiger partial charge in [0, 0.05) is 11.7 Å². The summed E-state index contributed by atoms with van der Waals surface area (Å²) in [6.07, 6.45) is 2.99. The lowest BCUT2D eigenvalue weighted by molar-refractivity contribution is -0.116. The third-order valence-corrected chi connectivity index (χ3v) is 8.30. The number of nitrogens with one attached hydrogen (secondary N) is 2. The molecular weight excluding hydrogens is 466 g/mol. The summed E-state index contributed by atoms with van der Waals surface area (Å²) >= 11 is 0. The van der Waals surface area contributed by atoms with Gasteiger partial charge in [0.25, 0.3) is 0 Å². The molecule has 11 heteroatoms. The maximum atomic E-state index is 13.3. The Balaban J connectivity index is 1.56. The second kappa shape index (κ2) is 9.48. The Morgan fingerprint density at radius 3 is 2.18 bits per heavy atom. The van der Waals surface area contributed by atoms with E-state index in [0.29, 0.717) is 11.4 Å². The maximum absolute atomic E-state index is 13.3. The van der Waals surface area contributed by atoms with Crippen molar-refractivity contribution in [3.05, 3.63) is 78.8 Å². The minimum Gasteiger partial charge on any atom is -0.468 e. The van der Waals surface area contributed by atoms with Crippen molar-refractivity contribution in [2.75, 3.05) is 11.9 Å². The topological polar surface area (TPSA) is 126 Å². The molecule has 33 heavy (non-hydrogen) atoms. The standard InChI is InChI=1S/C22H23N3O6S2/c26-22(23-17-5-2-1-3-6-17)16-25(15-19-7-4-14-31-19)33(29,30)21-12-10-20(11-13-21)32(27,28)24-18-8-9-18/h1-7,10-14,18,24H,8-9,15-16H2,(H,23,26). The van der Waals surface area contributed by atoms with Gasteiger partial charge in [-0.1, -0.05) is 18.2 Å². The van der Waals surface area contributed by atoms with Crippen LogP contribution in [0.4, 0.5) is 5.69 Å². The third-order valence-electron chi connectivity index (χ3n) is 4.96. The van der Waals surface area contributed by atoms with Gasteiger partial charge in [0.1, 0.15) is 5.76 Å². The van der Waals surface area contributed by atoms with Crippen molar-refractivity contribution >= 4 is 31.6 Å². The van der Waals surface area contributed by atoms with Gasteiger partial charge in [-0.05, 0) is 61.4 Å². The molecule has 1 fully saturated rings. The molecular formula is C22H23N3O6S2. The van der Waals surface area contributed by atoms with Crippen molar-refractivity contribution < 1.29 is 26.0 Å². The predicted molar refractivity (Wildman–Crippen MR) is 121 cm³/mol. The maximum Gasteiger partial charge on any atom is 0.243 e. The van der Waals surface area contributed by atoms with Crippen LogP contribution in [0.25, 0.3) is 0 Å². The van der Waals surface area contributed by atoms with Gasteiger partial charge in [-0.3, -0.25) is 4.79 Å². The fraction of sp³-hybridized carbons (Fsp3) is 0.227. The molecule has 174 valence electrons. The number of anilines is 1. The highest BCUT2D eigenvalue weighted by Gasteiger charge is 2.30. The molecule has 1 amide bonds. The number of carbonyl (C=O) groups is 1. The molecule has 2 aromatic carbocycles. The summed E-state index contributed by atoms with van der Waals surface area (Å²) in [4.78, 5) is 12.4. The number of amides is 1. The van der Waals surface area contributed by atoms with Gasteiger partial charge in [0.15, 0.2) is 0 Å². The van der Waals surface area contributed by atoms with E-state index in [9.17, 15) is 21.6 Å². The number of benzene rings is 2. The number of sulfonamides is 2. The lowest BCUT2D eigenvalue weighted by Crippen LogP contribution is -2.37. The zero-order valence-electron chi connectivity index (χ0n) is 17.5. The molecule has 0 unspecified atom stereocenters. The number of rotatable bonds is 10. The Bertz CT molecular complexity index is 1300. The molecule has 0 aliphatic heterocycles. The van der Waals surface area contributed by atoms with Crippen LogP contribution in [0, 0.1) is 0 Å². The van der Waals surface area contributed by atoms with E-state index in [2.05, 4.69) is 10.0 Å². The normalized spacial score (nSPS) is 14.3. The van der Waals surface area contributed by atoms with Crippen LogP contribution in [0.15, 0.2) is 87.2 Å². The van der Waals surface area contributed by atoms with Crippen LogP contribution in [-0.2, 0) is 31.4 Å². The number of carbonyl (C=O) groups excluding carboxylic acids is 1. The summed E-state index contributed by atoms with van der Waals surface area (Å²) in [5.74, 6) is -0.164. The summed E-state index contributed by atoms with van der Waals surface area (Å²) in [5, 5.41) is 2.67. The summed E-state index contributed by atoms with van der Waals surface area (Å²) in [5.41, 5.74) is 0.538. The molecule has 4 rings (SSSR count). The Hall–Kier alpha value is -2.99. The van der Waals surface area contributed by atoms with Crippen LogP contribution < -0.4 is 10.0 Å². The zero-order chi connectivity index (χ0) is 23.5. The molecule has 0 atom stereocenters. The Morgan fingerprint density at radius 2 is 1.58 bits per heavy atom. The smallest absolute Gasteiger partial charge is 0.243 e. The van der Waals surface area contributed by atoms with Crippen LogP contribution in [0.2, 0.25) is 0 Å². The fourth-order valence-corrected chi connectivity index (χ4v) is 5.78. The van der Waals surface area contributed by atoms with Crippen LogP contribution in [0.3, 0.4) is 0 Å². The Labute approximate surface area is 192 Å². The summed E-state index contributed by atoms with van der Waals surface area (Å²) in [7, 11) is -7.85. The first-order valence-electron chi connectivity index (χ1n) is 10.2. The van der Waals surface area contributed by atoms with Gasteiger partial charge in [0.05, 0.1) is 29.1 Å². The third kappa shape index (κ3) is 5.88. The zero-order valence-corrected chi connectivity index (χ0v) is 19.2. The first kappa shape index (κ1) is 23.2. The quantitative estimate of drug-likeness (QED) is 0.451. The van der Waals surface area contributed by atoms with E-state index in [1.807, 2.05) is 0 Å². The van der Waals surface area contributed by atoms with Crippen molar-refractivity contribution in [2.24, 2.45) is 0 Å². The summed E-state index contributed by atoms with van der Waals surface area (Å²) < 4.78 is 60.2. The molecule has 9 nitrogen and oxygen atoms in total. The van der Waals surface area contributed by atoms with Crippen molar-refractivity contribution in [1.82, 2.24) is 9.03 Å². The first-order chi connectivity index (χ1) is 15.7. The average Bonchev–Trinajstić information content (AvgIpc) is 3.44. The van der Waals surface area contributed by atoms with Crippen molar-refractivity contribution in [3.63, 3.8) is 0 Å². The lowest BCUT2D eigenvalue weighted by Gasteiger charge is -2.21. The highest BCUT2D eigenvalue weighted by Crippen LogP contribution is 2.24. The fourth-order valence-electron chi connectivity index (χ4n) is 3.11. The molecule has 0 bridgehead atoms. The number of nitrogens with zero attached hydrogens (tertiary/aromatic N) is 1. The monoisotopic (exact) mass is 489 g/mol. The van der Waals surface area contributed by atoms with Crippen LogP contribution in [0.1, 0.15) is 18.6 Å². The number of furan rings is 1. The second-order valence-electron chi connectivity index (χ2n) is 7.63. The molecule has 3 aromatic rings. The number of hydrogen-bond donors (Lipinski definition) is 2. The molecule has 1 saturated carbocycles. The molecule has 1 aliphatic carbocycles. The highest BCUT2D eigenvalue weighted by molar-refractivity contribution is 7.89. The van der Waals surface area contributed by atoms with E-state index in [1.54, 1.807) is 42.5 Å². The molecule has 1 heterocycles. The van der Waals surface area contributed by atoms with Gasteiger partial charge in [-0.2, -0.15) is 4.31 Å². The second-order valence-corrected chi connectivity index (χ2v) is 11.3. The van der Waals surface area contributed by atoms with Gasteiger partial charge in [0.2, 0.25) is 26.0 Å². The molecule has 1 aliphatic rings. The van der Waals surface area contributed by atoms with Crippen molar-refractivity contribution in [1.29, 1.82) is 0 Å². The van der Waals surface area contributed by atoms with Gasteiger partial charge >= 0.3 is 0 Å². The van der Waals surface area contributed by atoms with Crippen molar-refractivity contribution in [2.45, 2.75) is 35.2 Å². The minimum atomic E-state index is -4.14. The Morgan fingerprint density at radius 1 is 0.909 bits per heavy atom. The van der Waals surface area contributed by atoms with E-state index in [4.69, 9.17) is 4.42 Å². The molecule has 2 N–H and O–H groups in total. The largest absolute Gasteiger partial charge is 0.468 e. The molecule has 1 aromatic heterocycles. The van der Waals surface area contributed by atoms with E-state index in [1.165, 1.54) is 30.5 Å². The average molecular weight is 490 g/mol. The first-order valence-corrected chi connectivity index (χ1v) is 13.2. The molecule has 0 spiro atoms. The van der Waals surface area contributed by atoms with E-state index in [0.717, 1.165) is 17.1 Å². The predicted octanol–water partition coefficient (Wildman–Crippen LogP) is 2.55. The SMILES string of the molecule is O=C(CN(Cc1ccco1)S(=O)(=O)c1ccc(S(=O)(=O)NC2CC2)cc1)Nc1ccccc1. The summed E-state index contributed by atoms with van der Waals surface area (Å²) in [6, 6.07) is 16.8. The summed E-state index contributed by atoms with van der Waals surface area (Å²) in [6.45, 7) is -0.623. The van der Waals surface area contributed by atoms with Crippen LogP contribution in [-0.4, -0.2) is 39.6 Å². The van der Waals surface area contributed by atoms with E-state index < -0.39 is 32.5 Å². The molecule has 0 saturated heterocycles. The number of hydrogen-bond acceptors (Lipinski definition) is 6. The highest BCUT2D eigenvalue weighted by atomic mass is 32.2.